The molecule has 0 heterocycles. The highest BCUT2D eigenvalue weighted by atomic mass is 35.5. The minimum Gasteiger partial charge on any atom is -0.207 e. The Morgan fingerprint density at radius 1 is 1.21 bits per heavy atom. The van der Waals surface area contributed by atoms with Crippen molar-refractivity contribution < 1.29 is 4.39 Å². The maximum atomic E-state index is 12.8. The Morgan fingerprint density at radius 3 is 2.57 bits per heavy atom. The van der Waals surface area contributed by atoms with Gasteiger partial charge in [-0.3, -0.25) is 0 Å². The maximum absolute atomic E-state index is 12.8. The molecular formula is C12H12ClF. The lowest BCUT2D eigenvalue weighted by molar-refractivity contribution is 0.628. The summed E-state index contributed by atoms with van der Waals surface area (Å²) in [6.07, 6.45) is 6.95. The summed E-state index contributed by atoms with van der Waals surface area (Å²) >= 11 is 5.92. The molecule has 0 aliphatic heterocycles. The van der Waals surface area contributed by atoms with E-state index in [1.54, 1.807) is 6.07 Å². The summed E-state index contributed by atoms with van der Waals surface area (Å²) < 4.78 is 12.8. The van der Waals surface area contributed by atoms with Crippen molar-refractivity contribution in [3.63, 3.8) is 0 Å². The summed E-state index contributed by atoms with van der Waals surface area (Å²) in [5.74, 6) is -0.274. The zero-order valence-corrected chi connectivity index (χ0v) is 8.65. The van der Waals surface area contributed by atoms with Gasteiger partial charge in [-0.2, -0.15) is 0 Å². The molecule has 0 aromatic heterocycles. The second kappa shape index (κ2) is 4.14. The van der Waals surface area contributed by atoms with Crippen molar-refractivity contribution in [3.05, 3.63) is 40.2 Å². The van der Waals surface area contributed by atoms with E-state index >= 15 is 0 Å². The van der Waals surface area contributed by atoms with Crippen molar-refractivity contribution >= 4 is 17.7 Å². The third kappa shape index (κ3) is 2.16. The molecule has 1 aromatic rings. The highest BCUT2D eigenvalue weighted by Gasteiger charge is 2.07. The van der Waals surface area contributed by atoms with Crippen molar-refractivity contribution in [1.82, 2.24) is 0 Å². The summed E-state index contributed by atoms with van der Waals surface area (Å²) in [6.45, 7) is 0. The van der Waals surface area contributed by atoms with Gasteiger partial charge in [-0.25, -0.2) is 4.39 Å². The first-order chi connectivity index (χ1) is 6.75. The predicted octanol–water partition coefficient (Wildman–Crippen LogP) is 4.44. The topological polar surface area (TPSA) is 0 Å². The second-order valence-corrected chi connectivity index (χ2v) is 4.08. The lowest BCUT2D eigenvalue weighted by atomic mass is 10.1. The molecule has 0 N–H and O–H groups in total. The van der Waals surface area contributed by atoms with Crippen molar-refractivity contribution in [3.8, 4) is 0 Å². The minimum atomic E-state index is -0.274. The first kappa shape index (κ1) is 9.72. The highest BCUT2D eigenvalue weighted by molar-refractivity contribution is 6.32. The van der Waals surface area contributed by atoms with Crippen LogP contribution in [0.5, 0.6) is 0 Å². The standard InChI is InChI=1S/C12H12ClF/c13-12-8-11(14)6-5-10(12)7-9-3-1-2-4-9/h5-8H,1-4H2. The minimum absolute atomic E-state index is 0.274. The normalized spacial score (nSPS) is 16.0. The molecule has 2 rings (SSSR count). The van der Waals surface area contributed by atoms with E-state index in [0.29, 0.717) is 5.02 Å². The fourth-order valence-corrected chi connectivity index (χ4v) is 2.03. The third-order valence-electron chi connectivity index (χ3n) is 2.57. The molecule has 74 valence electrons. The number of benzene rings is 1. The number of rotatable bonds is 1. The van der Waals surface area contributed by atoms with E-state index in [4.69, 9.17) is 11.6 Å². The van der Waals surface area contributed by atoms with E-state index in [-0.39, 0.29) is 5.82 Å². The van der Waals surface area contributed by atoms with Crippen molar-refractivity contribution in [2.24, 2.45) is 0 Å². The molecule has 0 atom stereocenters. The Hall–Kier alpha value is -0.820. The molecule has 2 heteroatoms. The van der Waals surface area contributed by atoms with Crippen LogP contribution in [0.25, 0.3) is 6.08 Å². The first-order valence-corrected chi connectivity index (χ1v) is 5.28. The van der Waals surface area contributed by atoms with Crippen molar-refractivity contribution in [2.75, 3.05) is 0 Å². The Balaban J connectivity index is 2.28. The van der Waals surface area contributed by atoms with Crippen LogP contribution in [0.15, 0.2) is 23.8 Å². The second-order valence-electron chi connectivity index (χ2n) is 3.68. The number of hydrogen-bond acceptors (Lipinski definition) is 0. The smallest absolute Gasteiger partial charge is 0.124 e. The Labute approximate surface area is 88.4 Å². The average molecular weight is 211 g/mol. The summed E-state index contributed by atoms with van der Waals surface area (Å²) in [5.41, 5.74) is 2.36. The molecular weight excluding hydrogens is 199 g/mol. The van der Waals surface area contributed by atoms with Crippen LogP contribution in [0, 0.1) is 5.82 Å². The molecule has 1 aromatic carbocycles. The van der Waals surface area contributed by atoms with E-state index < -0.39 is 0 Å². The van der Waals surface area contributed by atoms with Gasteiger partial charge in [0.25, 0.3) is 0 Å². The molecule has 0 bridgehead atoms. The van der Waals surface area contributed by atoms with Gasteiger partial charge in [-0.05, 0) is 43.4 Å². The molecule has 0 unspecified atom stereocenters. The number of hydrogen-bond donors (Lipinski definition) is 0. The highest BCUT2D eigenvalue weighted by Crippen LogP contribution is 2.28. The predicted molar refractivity (Wildman–Crippen MR) is 57.9 cm³/mol. The van der Waals surface area contributed by atoms with Crippen LogP contribution in [0.2, 0.25) is 5.02 Å². The van der Waals surface area contributed by atoms with E-state index in [0.717, 1.165) is 18.4 Å². The molecule has 0 nitrogen and oxygen atoms in total. The number of halogens is 2. The zero-order chi connectivity index (χ0) is 9.97. The SMILES string of the molecule is Fc1ccc(C=C2CCCC2)c(Cl)c1. The van der Waals surface area contributed by atoms with Crippen molar-refractivity contribution in [1.29, 1.82) is 0 Å². The molecule has 0 spiro atoms. The molecule has 14 heavy (non-hydrogen) atoms. The molecule has 0 radical (unpaired) electrons. The van der Waals surface area contributed by atoms with E-state index in [2.05, 4.69) is 6.08 Å². The van der Waals surface area contributed by atoms with Gasteiger partial charge in [0.05, 0.1) is 5.02 Å². The van der Waals surface area contributed by atoms with Gasteiger partial charge in [-0.15, -0.1) is 0 Å². The van der Waals surface area contributed by atoms with Crippen LogP contribution in [0.3, 0.4) is 0 Å². The molecule has 0 saturated heterocycles. The van der Waals surface area contributed by atoms with Crippen LogP contribution in [-0.4, -0.2) is 0 Å². The van der Waals surface area contributed by atoms with Crippen molar-refractivity contribution in [2.45, 2.75) is 25.7 Å². The summed E-state index contributed by atoms with van der Waals surface area (Å²) in [6, 6.07) is 4.55. The monoisotopic (exact) mass is 210 g/mol. The van der Waals surface area contributed by atoms with Gasteiger partial charge in [0.2, 0.25) is 0 Å². The first-order valence-electron chi connectivity index (χ1n) is 4.90. The lowest BCUT2D eigenvalue weighted by Crippen LogP contribution is -1.80. The van der Waals surface area contributed by atoms with Gasteiger partial charge < -0.3 is 0 Å². The van der Waals surface area contributed by atoms with Gasteiger partial charge >= 0.3 is 0 Å². The van der Waals surface area contributed by atoms with Gasteiger partial charge in [0.15, 0.2) is 0 Å². The fraction of sp³-hybridized carbons (Fsp3) is 0.333. The van der Waals surface area contributed by atoms with Crippen LogP contribution >= 0.6 is 11.6 Å². The van der Waals surface area contributed by atoms with Gasteiger partial charge in [-0.1, -0.05) is 29.3 Å². The van der Waals surface area contributed by atoms with Gasteiger partial charge in [0.1, 0.15) is 5.82 Å². The molecule has 1 aliphatic carbocycles. The number of allylic oxidation sites excluding steroid dienone is 1. The summed E-state index contributed by atoms with van der Waals surface area (Å²) in [4.78, 5) is 0. The lowest BCUT2D eigenvalue weighted by Gasteiger charge is -2.00. The van der Waals surface area contributed by atoms with E-state index in [1.165, 1.54) is 30.5 Å². The zero-order valence-electron chi connectivity index (χ0n) is 7.89. The Bertz CT molecular complexity index is 361. The maximum Gasteiger partial charge on any atom is 0.124 e. The molecule has 1 fully saturated rings. The molecule has 1 aliphatic rings. The van der Waals surface area contributed by atoms with Crippen LogP contribution < -0.4 is 0 Å². The largest absolute Gasteiger partial charge is 0.207 e. The Kier molecular flexibility index (Phi) is 2.87. The van der Waals surface area contributed by atoms with Gasteiger partial charge in [0, 0.05) is 0 Å². The van der Waals surface area contributed by atoms with E-state index in [9.17, 15) is 4.39 Å². The van der Waals surface area contributed by atoms with E-state index in [1.807, 2.05) is 0 Å². The van der Waals surface area contributed by atoms with Crippen LogP contribution in [0.4, 0.5) is 4.39 Å². The third-order valence-corrected chi connectivity index (χ3v) is 2.90. The van der Waals surface area contributed by atoms with Crippen LogP contribution in [0.1, 0.15) is 31.2 Å². The molecule has 0 amide bonds. The summed E-state index contributed by atoms with van der Waals surface area (Å²) in [5, 5.41) is 0.504. The van der Waals surface area contributed by atoms with Crippen LogP contribution in [-0.2, 0) is 0 Å². The quantitative estimate of drug-likeness (QED) is 0.643. The molecule has 1 saturated carbocycles. The Morgan fingerprint density at radius 2 is 1.93 bits per heavy atom. The summed E-state index contributed by atoms with van der Waals surface area (Å²) in [7, 11) is 0. The average Bonchev–Trinajstić information content (AvgIpc) is 2.62. The fourth-order valence-electron chi connectivity index (χ4n) is 1.81.